The molecule has 0 spiro atoms. The average molecular weight is 438 g/mol. The largest absolute Gasteiger partial charge is 0.363 e. The molecule has 2 N–H and O–H groups in total. The van der Waals surface area contributed by atoms with Crippen LogP contribution in [0.4, 0.5) is 11.8 Å². The summed E-state index contributed by atoms with van der Waals surface area (Å²) in [6, 6.07) is 6.06. The first kappa shape index (κ1) is 19.1. The minimum atomic E-state index is 0.0230. The van der Waals surface area contributed by atoms with Gasteiger partial charge in [-0.05, 0) is 65.7 Å². The third kappa shape index (κ3) is 5.17. The highest BCUT2D eigenvalue weighted by molar-refractivity contribution is 9.11. The van der Waals surface area contributed by atoms with Gasteiger partial charge in [-0.1, -0.05) is 0 Å². The molecule has 1 amide bonds. The van der Waals surface area contributed by atoms with Crippen molar-refractivity contribution in [3.63, 3.8) is 0 Å². The third-order valence-corrected chi connectivity index (χ3v) is 6.25. The fourth-order valence-electron chi connectivity index (χ4n) is 3.12. The summed E-state index contributed by atoms with van der Waals surface area (Å²) in [5.41, 5.74) is 0. The number of rotatable bonds is 6. The smallest absolute Gasteiger partial charge is 0.261 e. The van der Waals surface area contributed by atoms with E-state index in [1.54, 1.807) is 6.20 Å². The molecule has 0 aliphatic heterocycles. The lowest BCUT2D eigenvalue weighted by Gasteiger charge is -2.29. The van der Waals surface area contributed by atoms with Gasteiger partial charge in [0.05, 0.1) is 8.66 Å². The Bertz CT molecular complexity index is 743. The van der Waals surface area contributed by atoms with Crippen LogP contribution < -0.4 is 15.5 Å². The number of amides is 1. The van der Waals surface area contributed by atoms with Crippen molar-refractivity contribution in [2.24, 2.45) is 5.92 Å². The van der Waals surface area contributed by atoms with Crippen LogP contribution in [0.3, 0.4) is 0 Å². The summed E-state index contributed by atoms with van der Waals surface area (Å²) < 4.78 is 0.981. The Balaban J connectivity index is 1.43. The molecular formula is C18H24BrN5OS. The highest BCUT2D eigenvalue weighted by atomic mass is 79.9. The molecule has 2 aromatic rings. The first-order valence-corrected chi connectivity index (χ1v) is 10.4. The highest BCUT2D eigenvalue weighted by Gasteiger charge is 2.22. The number of hydrogen-bond donors (Lipinski definition) is 2. The molecule has 2 heterocycles. The number of anilines is 2. The molecule has 0 radical (unpaired) electrons. The van der Waals surface area contributed by atoms with Crippen LogP contribution in [0.5, 0.6) is 0 Å². The number of halogens is 1. The van der Waals surface area contributed by atoms with Crippen molar-refractivity contribution in [2.45, 2.75) is 31.7 Å². The molecule has 6 nitrogen and oxygen atoms in total. The van der Waals surface area contributed by atoms with E-state index < -0.39 is 0 Å². The van der Waals surface area contributed by atoms with Crippen LogP contribution in [-0.2, 0) is 0 Å². The van der Waals surface area contributed by atoms with Crippen molar-refractivity contribution in [1.82, 2.24) is 15.3 Å². The van der Waals surface area contributed by atoms with E-state index in [2.05, 4.69) is 36.5 Å². The van der Waals surface area contributed by atoms with E-state index in [9.17, 15) is 4.79 Å². The molecule has 0 atom stereocenters. The van der Waals surface area contributed by atoms with E-state index in [-0.39, 0.29) is 5.91 Å². The summed E-state index contributed by atoms with van der Waals surface area (Å²) >= 11 is 4.86. The van der Waals surface area contributed by atoms with Crippen LogP contribution in [0, 0.1) is 5.92 Å². The Morgan fingerprint density at radius 3 is 2.69 bits per heavy atom. The zero-order valence-electron chi connectivity index (χ0n) is 15.0. The number of nitrogens with one attached hydrogen (secondary N) is 2. The molecule has 0 unspecified atom stereocenters. The zero-order valence-corrected chi connectivity index (χ0v) is 17.4. The minimum Gasteiger partial charge on any atom is -0.363 e. The van der Waals surface area contributed by atoms with Crippen molar-refractivity contribution >= 4 is 44.9 Å². The molecule has 1 aliphatic carbocycles. The van der Waals surface area contributed by atoms with Crippen molar-refractivity contribution in [1.29, 1.82) is 0 Å². The number of carbonyl (C=O) groups is 1. The van der Waals surface area contributed by atoms with Crippen LogP contribution in [-0.4, -0.2) is 42.6 Å². The highest BCUT2D eigenvalue weighted by Crippen LogP contribution is 2.26. The number of carbonyl (C=O) groups excluding carboxylic acids is 1. The maximum atomic E-state index is 12.1. The molecule has 1 fully saturated rings. The molecule has 1 aliphatic rings. The Morgan fingerprint density at radius 1 is 1.27 bits per heavy atom. The van der Waals surface area contributed by atoms with E-state index >= 15 is 0 Å². The Morgan fingerprint density at radius 2 is 2.04 bits per heavy atom. The van der Waals surface area contributed by atoms with Crippen LogP contribution in [0.25, 0.3) is 0 Å². The molecule has 1 saturated carbocycles. The standard InChI is InChI=1S/C18H24BrN5OS/c1-24(2)16-9-10-20-18(23-16)22-13-5-3-12(4-6-13)11-21-17(25)14-7-8-15(19)26-14/h7-10,12-13H,3-6,11H2,1-2H3,(H,21,25)(H,20,22,23)/t12-,13+. The molecule has 26 heavy (non-hydrogen) atoms. The summed E-state index contributed by atoms with van der Waals surface area (Å²) in [5.74, 6) is 2.15. The third-order valence-electron chi connectivity index (χ3n) is 4.63. The maximum absolute atomic E-state index is 12.1. The predicted molar refractivity (Wildman–Crippen MR) is 110 cm³/mol. The van der Waals surface area contributed by atoms with Gasteiger partial charge in [0.15, 0.2) is 0 Å². The van der Waals surface area contributed by atoms with E-state index in [0.717, 1.165) is 46.7 Å². The minimum absolute atomic E-state index is 0.0230. The van der Waals surface area contributed by atoms with Gasteiger partial charge in [-0.25, -0.2) is 4.98 Å². The quantitative estimate of drug-likeness (QED) is 0.719. The average Bonchev–Trinajstić information content (AvgIpc) is 3.07. The fraction of sp³-hybridized carbons (Fsp3) is 0.500. The molecule has 0 bridgehead atoms. The van der Waals surface area contributed by atoms with Crippen molar-refractivity contribution < 1.29 is 4.79 Å². The second kappa shape index (κ2) is 8.81. The van der Waals surface area contributed by atoms with Crippen molar-refractivity contribution in [2.75, 3.05) is 30.9 Å². The van der Waals surface area contributed by atoms with Crippen molar-refractivity contribution in [3.8, 4) is 0 Å². The van der Waals surface area contributed by atoms with E-state index in [0.29, 0.717) is 17.9 Å². The molecule has 0 aromatic carbocycles. The van der Waals surface area contributed by atoms with Crippen LogP contribution in [0.1, 0.15) is 35.4 Å². The van der Waals surface area contributed by atoms with Crippen LogP contribution >= 0.6 is 27.3 Å². The first-order valence-electron chi connectivity index (χ1n) is 8.81. The van der Waals surface area contributed by atoms with E-state index in [1.807, 2.05) is 37.2 Å². The Labute approximate surface area is 166 Å². The molecule has 8 heteroatoms. The molecule has 140 valence electrons. The number of aromatic nitrogens is 2. The normalized spacial score (nSPS) is 19.8. The van der Waals surface area contributed by atoms with Gasteiger partial charge in [-0.3, -0.25) is 4.79 Å². The van der Waals surface area contributed by atoms with Gasteiger partial charge in [0.1, 0.15) is 5.82 Å². The summed E-state index contributed by atoms with van der Waals surface area (Å²) in [5, 5.41) is 6.52. The lowest BCUT2D eigenvalue weighted by atomic mass is 9.86. The summed E-state index contributed by atoms with van der Waals surface area (Å²) in [4.78, 5) is 23.7. The van der Waals surface area contributed by atoms with Gasteiger partial charge in [-0.2, -0.15) is 4.98 Å². The molecule has 2 aromatic heterocycles. The first-order chi connectivity index (χ1) is 12.5. The van der Waals surface area contributed by atoms with Gasteiger partial charge in [0.2, 0.25) is 5.95 Å². The lowest BCUT2D eigenvalue weighted by molar-refractivity contribution is 0.0947. The topological polar surface area (TPSA) is 70.2 Å². The second-order valence-electron chi connectivity index (χ2n) is 6.81. The number of nitrogens with zero attached hydrogens (tertiary/aromatic N) is 3. The maximum Gasteiger partial charge on any atom is 0.261 e. The van der Waals surface area contributed by atoms with E-state index in [4.69, 9.17) is 0 Å². The monoisotopic (exact) mass is 437 g/mol. The lowest BCUT2D eigenvalue weighted by Crippen LogP contribution is -2.34. The van der Waals surface area contributed by atoms with Gasteiger partial charge in [0.25, 0.3) is 5.91 Å². The second-order valence-corrected chi connectivity index (χ2v) is 9.27. The fourth-order valence-corrected chi connectivity index (χ4v) is 4.42. The van der Waals surface area contributed by atoms with Crippen molar-refractivity contribution in [3.05, 3.63) is 33.1 Å². The van der Waals surface area contributed by atoms with Crippen LogP contribution in [0.2, 0.25) is 0 Å². The number of hydrogen-bond acceptors (Lipinski definition) is 6. The Hall–Kier alpha value is -1.67. The van der Waals surface area contributed by atoms with E-state index in [1.165, 1.54) is 11.3 Å². The summed E-state index contributed by atoms with van der Waals surface area (Å²) in [7, 11) is 3.95. The molecular weight excluding hydrogens is 414 g/mol. The van der Waals surface area contributed by atoms with Gasteiger partial charge < -0.3 is 15.5 Å². The SMILES string of the molecule is CN(C)c1ccnc(N[C@H]2CC[C@@H](CNC(=O)c3ccc(Br)s3)CC2)n1. The summed E-state index contributed by atoms with van der Waals surface area (Å²) in [6.07, 6.45) is 6.12. The molecule has 3 rings (SSSR count). The Kier molecular flexibility index (Phi) is 6.48. The summed E-state index contributed by atoms with van der Waals surface area (Å²) in [6.45, 7) is 0.744. The van der Waals surface area contributed by atoms with Gasteiger partial charge in [-0.15, -0.1) is 11.3 Å². The van der Waals surface area contributed by atoms with Gasteiger partial charge >= 0.3 is 0 Å². The van der Waals surface area contributed by atoms with Crippen LogP contribution in [0.15, 0.2) is 28.2 Å². The molecule has 0 saturated heterocycles. The van der Waals surface area contributed by atoms with Gasteiger partial charge in [0, 0.05) is 32.9 Å². The number of thiophene rings is 1. The zero-order chi connectivity index (χ0) is 18.5. The predicted octanol–water partition coefficient (Wildman–Crippen LogP) is 3.77.